The van der Waals surface area contributed by atoms with Crippen molar-refractivity contribution in [1.82, 2.24) is 0 Å². The maximum absolute atomic E-state index is 6.59. The van der Waals surface area contributed by atoms with Gasteiger partial charge in [0.15, 0.2) is 0 Å². The molecule has 0 saturated carbocycles. The van der Waals surface area contributed by atoms with E-state index < -0.39 is 0 Å². The first-order valence-electron chi connectivity index (χ1n) is 8.22. The maximum Gasteiger partial charge on any atom is 0.0767 e. The molecule has 1 aromatic rings. The molecular weight excluding hydrogens is 246 g/mol. The van der Waals surface area contributed by atoms with E-state index in [4.69, 9.17) is 10.5 Å². The molecule has 2 unspecified atom stereocenters. The average Bonchev–Trinajstić information content (AvgIpc) is 2.53. The van der Waals surface area contributed by atoms with E-state index in [1.807, 2.05) is 0 Å². The summed E-state index contributed by atoms with van der Waals surface area (Å²) in [5, 5.41) is 0. The molecule has 1 heterocycles. The molecule has 0 aromatic heterocycles. The lowest BCUT2D eigenvalue weighted by atomic mass is 9.86. The van der Waals surface area contributed by atoms with Gasteiger partial charge in [-0.15, -0.1) is 0 Å². The summed E-state index contributed by atoms with van der Waals surface area (Å²) in [5.74, 6) is 0. The topological polar surface area (TPSA) is 35.2 Å². The Labute approximate surface area is 123 Å². The number of ether oxygens (including phenoxy) is 1. The first-order valence-corrected chi connectivity index (χ1v) is 8.22. The van der Waals surface area contributed by atoms with Gasteiger partial charge in [0.1, 0.15) is 0 Å². The Bertz CT molecular complexity index is 410. The van der Waals surface area contributed by atoms with E-state index in [-0.39, 0.29) is 12.1 Å². The van der Waals surface area contributed by atoms with Gasteiger partial charge in [-0.2, -0.15) is 0 Å². The highest BCUT2D eigenvalue weighted by atomic mass is 16.5. The first-order chi connectivity index (χ1) is 9.71. The van der Waals surface area contributed by atoms with Crippen molar-refractivity contribution >= 4 is 0 Å². The molecule has 0 bridgehead atoms. The highest BCUT2D eigenvalue weighted by Crippen LogP contribution is 2.31. The molecule has 2 rings (SSSR count). The maximum atomic E-state index is 6.59. The minimum Gasteiger partial charge on any atom is -0.376 e. The van der Waals surface area contributed by atoms with Crippen LogP contribution in [0.15, 0.2) is 12.1 Å². The van der Waals surface area contributed by atoms with E-state index in [2.05, 4.69) is 32.9 Å². The molecule has 0 radical (unpaired) electrons. The summed E-state index contributed by atoms with van der Waals surface area (Å²) < 4.78 is 5.92. The minimum absolute atomic E-state index is 0.0334. The Morgan fingerprint density at radius 1 is 1.10 bits per heavy atom. The molecule has 0 amide bonds. The Balaban J connectivity index is 2.36. The largest absolute Gasteiger partial charge is 0.376 e. The van der Waals surface area contributed by atoms with Crippen molar-refractivity contribution in [2.75, 3.05) is 6.61 Å². The minimum atomic E-state index is 0.0334. The van der Waals surface area contributed by atoms with Gasteiger partial charge in [0.25, 0.3) is 0 Å². The van der Waals surface area contributed by atoms with Gasteiger partial charge in [0.2, 0.25) is 0 Å². The molecule has 2 nitrogen and oxygen atoms in total. The fourth-order valence-electron chi connectivity index (χ4n) is 3.30. The summed E-state index contributed by atoms with van der Waals surface area (Å²) in [5.41, 5.74) is 12.2. The van der Waals surface area contributed by atoms with Crippen molar-refractivity contribution in [1.29, 1.82) is 0 Å². The Kier molecular flexibility index (Phi) is 5.62. The number of nitrogens with two attached hydrogens (primary N) is 1. The van der Waals surface area contributed by atoms with E-state index in [0.717, 1.165) is 32.3 Å². The molecule has 2 atom stereocenters. The standard InChI is InChI=1S/C18H29NO/c1-4-13-11-14(5-2)17(15(6-3)12-13)18(19)16-9-7-8-10-20-16/h11-12,16,18H,4-10,19H2,1-3H3. The predicted molar refractivity (Wildman–Crippen MR) is 85.1 cm³/mol. The van der Waals surface area contributed by atoms with E-state index >= 15 is 0 Å². The summed E-state index contributed by atoms with van der Waals surface area (Å²) in [6.07, 6.45) is 6.92. The van der Waals surface area contributed by atoms with Crippen LogP contribution in [-0.2, 0) is 24.0 Å². The normalized spacial score (nSPS) is 20.9. The lowest BCUT2D eigenvalue weighted by Gasteiger charge is -2.31. The second-order valence-electron chi connectivity index (χ2n) is 5.82. The van der Waals surface area contributed by atoms with Crippen molar-refractivity contribution in [3.63, 3.8) is 0 Å². The van der Waals surface area contributed by atoms with E-state index in [1.54, 1.807) is 0 Å². The second kappa shape index (κ2) is 7.24. The zero-order chi connectivity index (χ0) is 14.5. The molecular formula is C18H29NO. The van der Waals surface area contributed by atoms with E-state index in [9.17, 15) is 0 Å². The van der Waals surface area contributed by atoms with Crippen molar-refractivity contribution in [3.05, 3.63) is 34.4 Å². The van der Waals surface area contributed by atoms with Crippen LogP contribution in [0, 0.1) is 0 Å². The van der Waals surface area contributed by atoms with Crippen LogP contribution in [0.25, 0.3) is 0 Å². The molecule has 2 N–H and O–H groups in total. The fraction of sp³-hybridized carbons (Fsp3) is 0.667. The van der Waals surface area contributed by atoms with Gasteiger partial charge in [-0.1, -0.05) is 32.9 Å². The third kappa shape index (κ3) is 3.24. The lowest BCUT2D eigenvalue weighted by molar-refractivity contribution is -0.000292. The average molecular weight is 275 g/mol. The van der Waals surface area contributed by atoms with Crippen LogP contribution in [0.1, 0.15) is 68.3 Å². The van der Waals surface area contributed by atoms with Crippen LogP contribution >= 0.6 is 0 Å². The van der Waals surface area contributed by atoms with Crippen LogP contribution in [0.2, 0.25) is 0 Å². The van der Waals surface area contributed by atoms with Gasteiger partial charge >= 0.3 is 0 Å². The summed E-state index contributed by atoms with van der Waals surface area (Å²) in [7, 11) is 0. The predicted octanol–water partition coefficient (Wildman–Crippen LogP) is 3.94. The highest BCUT2D eigenvalue weighted by Gasteiger charge is 2.26. The van der Waals surface area contributed by atoms with Gasteiger partial charge < -0.3 is 10.5 Å². The number of aryl methyl sites for hydroxylation is 3. The zero-order valence-electron chi connectivity index (χ0n) is 13.2. The summed E-state index contributed by atoms with van der Waals surface area (Å²) in [4.78, 5) is 0. The van der Waals surface area contributed by atoms with Crippen molar-refractivity contribution in [2.45, 2.75) is 71.4 Å². The fourth-order valence-corrected chi connectivity index (χ4v) is 3.30. The quantitative estimate of drug-likeness (QED) is 0.883. The van der Waals surface area contributed by atoms with Crippen LogP contribution in [0.3, 0.4) is 0 Å². The van der Waals surface area contributed by atoms with Crippen LogP contribution < -0.4 is 5.73 Å². The van der Waals surface area contributed by atoms with Crippen molar-refractivity contribution < 1.29 is 4.74 Å². The monoisotopic (exact) mass is 275 g/mol. The summed E-state index contributed by atoms with van der Waals surface area (Å²) in [6.45, 7) is 7.55. The van der Waals surface area contributed by atoms with Crippen LogP contribution in [0.4, 0.5) is 0 Å². The molecule has 1 aliphatic heterocycles. The van der Waals surface area contributed by atoms with Crippen LogP contribution in [0.5, 0.6) is 0 Å². The molecule has 1 aromatic carbocycles. The number of rotatable bonds is 5. The number of hydrogen-bond donors (Lipinski definition) is 1. The van der Waals surface area contributed by atoms with Gasteiger partial charge in [-0.3, -0.25) is 0 Å². The first kappa shape index (κ1) is 15.5. The highest BCUT2D eigenvalue weighted by molar-refractivity contribution is 5.42. The third-order valence-corrected chi connectivity index (χ3v) is 4.53. The number of benzene rings is 1. The van der Waals surface area contributed by atoms with E-state index in [1.165, 1.54) is 35.1 Å². The molecule has 1 saturated heterocycles. The van der Waals surface area contributed by atoms with Gasteiger partial charge in [0, 0.05) is 6.61 Å². The molecule has 0 aliphatic carbocycles. The summed E-state index contributed by atoms with van der Waals surface area (Å²) in [6, 6.07) is 4.72. The molecule has 1 fully saturated rings. The molecule has 20 heavy (non-hydrogen) atoms. The molecule has 112 valence electrons. The SMILES string of the molecule is CCc1cc(CC)c(C(N)C2CCCCO2)c(CC)c1. The molecule has 0 spiro atoms. The Morgan fingerprint density at radius 2 is 1.75 bits per heavy atom. The van der Waals surface area contributed by atoms with Gasteiger partial charge in [-0.05, 0) is 60.8 Å². The van der Waals surface area contributed by atoms with Crippen molar-refractivity contribution in [3.8, 4) is 0 Å². The van der Waals surface area contributed by atoms with Gasteiger partial charge in [-0.25, -0.2) is 0 Å². The zero-order valence-corrected chi connectivity index (χ0v) is 13.2. The van der Waals surface area contributed by atoms with Gasteiger partial charge in [0.05, 0.1) is 12.1 Å². The molecule has 2 heteroatoms. The Morgan fingerprint density at radius 3 is 2.20 bits per heavy atom. The second-order valence-corrected chi connectivity index (χ2v) is 5.82. The number of hydrogen-bond acceptors (Lipinski definition) is 2. The van der Waals surface area contributed by atoms with Crippen LogP contribution in [-0.4, -0.2) is 12.7 Å². The lowest BCUT2D eigenvalue weighted by Crippen LogP contribution is -2.33. The van der Waals surface area contributed by atoms with Crippen molar-refractivity contribution in [2.24, 2.45) is 5.73 Å². The molecule has 1 aliphatic rings. The van der Waals surface area contributed by atoms with E-state index in [0.29, 0.717) is 0 Å². The smallest absolute Gasteiger partial charge is 0.0767 e. The Hall–Kier alpha value is -0.860. The third-order valence-electron chi connectivity index (χ3n) is 4.53. The summed E-state index contributed by atoms with van der Waals surface area (Å²) >= 11 is 0.